The molecule has 10 heteroatoms. The lowest BCUT2D eigenvalue weighted by molar-refractivity contribution is 0.577. The predicted molar refractivity (Wildman–Crippen MR) is 70.0 cm³/mol. The highest BCUT2D eigenvalue weighted by Crippen LogP contribution is 2.34. The number of thiocarbonyl (C=S) groups is 1. The Morgan fingerprint density at radius 1 is 1.53 bits per heavy atom. The number of halogens is 2. The van der Waals surface area contributed by atoms with Crippen molar-refractivity contribution in [1.82, 2.24) is 10.3 Å². The Kier molecular flexibility index (Phi) is 4.50. The van der Waals surface area contributed by atoms with Crippen LogP contribution in [0.2, 0.25) is 0 Å². The molecule has 0 atom stereocenters. The van der Waals surface area contributed by atoms with Crippen molar-refractivity contribution < 1.29 is 8.42 Å². The van der Waals surface area contributed by atoms with Crippen LogP contribution in [0.5, 0.6) is 0 Å². The number of hydrogen-bond acceptors (Lipinski definition) is 4. The summed E-state index contributed by atoms with van der Waals surface area (Å²) in [6.45, 7) is 0. The van der Waals surface area contributed by atoms with Gasteiger partial charge in [0.25, 0.3) is 10.0 Å². The van der Waals surface area contributed by atoms with Crippen LogP contribution in [-0.4, -0.2) is 13.5 Å². The number of hydrazine groups is 1. The quantitative estimate of drug-likeness (QED) is 0.531. The van der Waals surface area contributed by atoms with E-state index in [1.807, 2.05) is 4.83 Å². The van der Waals surface area contributed by atoms with Gasteiger partial charge < -0.3 is 5.73 Å². The van der Waals surface area contributed by atoms with Crippen molar-refractivity contribution >= 4 is 70.6 Å². The van der Waals surface area contributed by atoms with Gasteiger partial charge in [-0.25, -0.2) is 8.42 Å². The molecular weight excluding hydrogens is 390 g/mol. The van der Waals surface area contributed by atoms with Gasteiger partial charge in [-0.3, -0.25) is 5.43 Å². The molecule has 0 saturated carbocycles. The van der Waals surface area contributed by atoms with Crippen molar-refractivity contribution in [1.29, 1.82) is 0 Å². The average Bonchev–Trinajstić information content (AvgIpc) is 2.43. The van der Waals surface area contributed by atoms with E-state index in [0.29, 0.717) is 7.57 Å². The number of thiophene rings is 1. The minimum Gasteiger partial charge on any atom is -0.375 e. The summed E-state index contributed by atoms with van der Waals surface area (Å²) in [5, 5.41) is -0.149. The molecule has 0 bridgehead atoms. The summed E-state index contributed by atoms with van der Waals surface area (Å²) in [7, 11) is -3.66. The van der Waals surface area contributed by atoms with Crippen LogP contribution in [-0.2, 0) is 10.0 Å². The van der Waals surface area contributed by atoms with Crippen LogP contribution >= 0.6 is 55.4 Å². The van der Waals surface area contributed by atoms with Gasteiger partial charge in [-0.2, -0.15) is 0 Å². The Bertz CT molecular complexity index is 484. The van der Waals surface area contributed by atoms with E-state index in [4.69, 9.17) is 5.73 Å². The van der Waals surface area contributed by atoms with Gasteiger partial charge in [-0.15, -0.1) is 16.2 Å². The van der Waals surface area contributed by atoms with Gasteiger partial charge >= 0.3 is 0 Å². The molecule has 0 radical (unpaired) electrons. The standard InChI is InChI=1S/C5H5Br2N3O2S3/c6-3-1-2(4(7)14-3)15(11,12)10-9-5(8)13/h1,10H,(H3,8,9,13). The van der Waals surface area contributed by atoms with Crippen molar-refractivity contribution in [2.24, 2.45) is 5.73 Å². The van der Waals surface area contributed by atoms with Crippen molar-refractivity contribution in [2.45, 2.75) is 4.90 Å². The molecule has 0 fully saturated rings. The molecule has 5 nitrogen and oxygen atoms in total. The molecule has 0 aliphatic rings. The molecule has 0 aliphatic heterocycles. The number of nitrogens with two attached hydrogens (primary N) is 1. The molecule has 1 heterocycles. The van der Waals surface area contributed by atoms with Gasteiger partial charge in [-0.1, -0.05) is 0 Å². The van der Waals surface area contributed by atoms with Crippen molar-refractivity contribution in [3.63, 3.8) is 0 Å². The molecule has 1 rings (SSSR count). The zero-order chi connectivity index (χ0) is 11.6. The fourth-order valence-electron chi connectivity index (χ4n) is 0.681. The second-order valence-corrected chi connectivity index (χ2v) is 8.12. The van der Waals surface area contributed by atoms with E-state index in [1.165, 1.54) is 17.4 Å². The SMILES string of the molecule is NC(=S)NNS(=O)(=O)c1cc(Br)sc1Br. The fourth-order valence-corrected chi connectivity index (χ4v) is 5.47. The molecule has 1 aromatic heterocycles. The molecule has 0 aliphatic carbocycles. The number of rotatable bonds is 3. The van der Waals surface area contributed by atoms with E-state index in [-0.39, 0.29) is 10.0 Å². The molecule has 0 spiro atoms. The molecule has 4 N–H and O–H groups in total. The minimum absolute atomic E-state index is 0.114. The Hall–Kier alpha value is 0.260. The first-order valence-corrected chi connectivity index (χ1v) is 7.64. The Morgan fingerprint density at radius 2 is 2.13 bits per heavy atom. The van der Waals surface area contributed by atoms with Gasteiger partial charge in [-0.05, 0) is 50.1 Å². The van der Waals surface area contributed by atoms with Crippen LogP contribution in [0.4, 0.5) is 0 Å². The smallest absolute Gasteiger partial charge is 0.259 e. The monoisotopic (exact) mass is 393 g/mol. The third-order valence-electron chi connectivity index (χ3n) is 1.22. The minimum atomic E-state index is -3.66. The van der Waals surface area contributed by atoms with Crippen LogP contribution in [0.1, 0.15) is 0 Å². The maximum atomic E-state index is 11.6. The summed E-state index contributed by atoms with van der Waals surface area (Å²) in [6, 6.07) is 1.47. The highest BCUT2D eigenvalue weighted by Gasteiger charge is 2.20. The van der Waals surface area contributed by atoms with Crippen molar-refractivity contribution in [3.8, 4) is 0 Å². The van der Waals surface area contributed by atoms with Crippen molar-refractivity contribution in [3.05, 3.63) is 13.6 Å². The summed E-state index contributed by atoms with van der Waals surface area (Å²) < 4.78 is 24.5. The van der Waals surface area contributed by atoms with E-state index >= 15 is 0 Å². The summed E-state index contributed by atoms with van der Waals surface area (Å²) in [5.41, 5.74) is 7.26. The third kappa shape index (κ3) is 3.64. The molecule has 0 saturated heterocycles. The van der Waals surface area contributed by atoms with Crippen LogP contribution in [0.3, 0.4) is 0 Å². The Labute approximate surface area is 113 Å². The van der Waals surface area contributed by atoms with Gasteiger partial charge in [0.1, 0.15) is 4.90 Å². The Balaban J connectivity index is 2.96. The topological polar surface area (TPSA) is 84.2 Å². The summed E-state index contributed by atoms with van der Waals surface area (Å²) >= 11 is 12.0. The summed E-state index contributed by atoms with van der Waals surface area (Å²) in [5.74, 6) is 0. The lowest BCUT2D eigenvalue weighted by Crippen LogP contribution is -2.44. The summed E-state index contributed by atoms with van der Waals surface area (Å²) in [6.07, 6.45) is 0. The lowest BCUT2D eigenvalue weighted by atomic mass is 10.7. The maximum Gasteiger partial charge on any atom is 0.259 e. The van der Waals surface area contributed by atoms with Crippen LogP contribution in [0.25, 0.3) is 0 Å². The second kappa shape index (κ2) is 5.06. The van der Waals surface area contributed by atoms with E-state index in [9.17, 15) is 8.42 Å². The van der Waals surface area contributed by atoms with E-state index in [1.54, 1.807) is 0 Å². The first kappa shape index (κ1) is 13.3. The first-order valence-electron chi connectivity index (χ1n) is 3.35. The maximum absolute atomic E-state index is 11.6. The van der Waals surface area contributed by atoms with E-state index < -0.39 is 10.0 Å². The first-order chi connectivity index (χ1) is 6.83. The van der Waals surface area contributed by atoms with Crippen LogP contribution in [0, 0.1) is 0 Å². The zero-order valence-corrected chi connectivity index (χ0v) is 12.6. The largest absolute Gasteiger partial charge is 0.375 e. The van der Waals surface area contributed by atoms with E-state index in [2.05, 4.69) is 49.5 Å². The lowest BCUT2D eigenvalue weighted by Gasteiger charge is -2.06. The molecule has 0 amide bonds. The van der Waals surface area contributed by atoms with Crippen LogP contribution in [0.15, 0.2) is 18.5 Å². The van der Waals surface area contributed by atoms with Gasteiger partial charge in [0.05, 0.1) is 7.57 Å². The van der Waals surface area contributed by atoms with E-state index in [0.717, 1.165) is 0 Å². The molecule has 0 unspecified atom stereocenters. The highest BCUT2D eigenvalue weighted by atomic mass is 79.9. The normalized spacial score (nSPS) is 11.3. The average molecular weight is 395 g/mol. The number of nitrogens with one attached hydrogen (secondary N) is 2. The fraction of sp³-hybridized carbons (Fsp3) is 0. The summed E-state index contributed by atoms with van der Waals surface area (Å²) in [4.78, 5) is 2.15. The highest BCUT2D eigenvalue weighted by molar-refractivity contribution is 9.12. The van der Waals surface area contributed by atoms with Gasteiger partial charge in [0.2, 0.25) is 0 Å². The predicted octanol–water partition coefficient (Wildman–Crippen LogP) is 1.30. The molecule has 84 valence electrons. The molecular formula is C5H5Br2N3O2S3. The second-order valence-electron chi connectivity index (χ2n) is 2.28. The van der Waals surface area contributed by atoms with Gasteiger partial charge in [0.15, 0.2) is 5.11 Å². The number of hydrogen-bond donors (Lipinski definition) is 3. The number of sulfonamides is 1. The molecule has 15 heavy (non-hydrogen) atoms. The van der Waals surface area contributed by atoms with Crippen molar-refractivity contribution in [2.75, 3.05) is 0 Å². The zero-order valence-electron chi connectivity index (χ0n) is 6.95. The Morgan fingerprint density at radius 3 is 2.53 bits per heavy atom. The molecule has 1 aromatic rings. The van der Waals surface area contributed by atoms with Gasteiger partial charge in [0, 0.05) is 0 Å². The third-order valence-corrected chi connectivity index (χ3v) is 5.33. The molecule has 0 aromatic carbocycles. The van der Waals surface area contributed by atoms with Crippen LogP contribution < -0.4 is 16.0 Å².